The van der Waals surface area contributed by atoms with E-state index in [0.29, 0.717) is 0 Å². The van der Waals surface area contributed by atoms with Gasteiger partial charge < -0.3 is 0 Å². The fourth-order valence-corrected chi connectivity index (χ4v) is 5.52. The number of halogens is 2. The molecule has 0 saturated heterocycles. The maximum absolute atomic E-state index is 3.30. The molecule has 164 valence electrons. The Labute approximate surface area is 224 Å². The number of thiophene rings is 1. The fourth-order valence-electron chi connectivity index (χ4n) is 4.00. The summed E-state index contributed by atoms with van der Waals surface area (Å²) in [6.45, 7) is 0. The fraction of sp³-hybridized carbons (Fsp3) is 0.250. The van der Waals surface area contributed by atoms with Gasteiger partial charge in [-0.2, -0.15) is 58.9 Å². The van der Waals surface area contributed by atoms with E-state index < -0.39 is 0 Å². The Morgan fingerprint density at radius 1 is 0.875 bits per heavy atom. The molecule has 3 aliphatic carbocycles. The third-order valence-electron chi connectivity index (χ3n) is 5.60. The van der Waals surface area contributed by atoms with Gasteiger partial charge in [0.2, 0.25) is 0 Å². The van der Waals surface area contributed by atoms with Crippen molar-refractivity contribution in [2.45, 2.75) is 44.9 Å². The first-order valence-corrected chi connectivity index (χ1v) is 12.9. The minimum absolute atomic E-state index is 0. The van der Waals surface area contributed by atoms with Crippen molar-refractivity contribution in [3.05, 3.63) is 100 Å². The van der Waals surface area contributed by atoms with E-state index in [1.54, 1.807) is 38.8 Å². The van der Waals surface area contributed by atoms with Crippen LogP contribution in [0.15, 0.2) is 71.4 Å². The molecule has 0 unspecified atom stereocenters. The van der Waals surface area contributed by atoms with Crippen molar-refractivity contribution in [1.29, 1.82) is 0 Å². The smallest absolute Gasteiger partial charge is 0.0253 e. The van der Waals surface area contributed by atoms with Gasteiger partial charge in [-0.3, -0.25) is 0 Å². The first kappa shape index (κ1) is 27.2. The van der Waals surface area contributed by atoms with Crippen molar-refractivity contribution >= 4 is 44.9 Å². The van der Waals surface area contributed by atoms with Crippen molar-refractivity contribution < 1.29 is 24.2 Å². The molecule has 0 N–H and O–H groups in total. The quantitative estimate of drug-likeness (QED) is 0.206. The minimum Gasteiger partial charge on any atom is -0.179 e. The molecule has 0 aliphatic heterocycles. The zero-order valence-electron chi connectivity index (χ0n) is 18.1. The third-order valence-corrected chi connectivity index (χ3v) is 7.51. The third kappa shape index (κ3) is 7.49. The number of allylic oxidation sites excluding steroid dienone is 4. The zero-order chi connectivity index (χ0) is 20.6. The SMILES string of the molecule is Cl.Cl.[C-]1=C(c2ccsc2)C=CC1.[Zr+2]=[C]1CCCCC1.[c-]1cccc2c1Cc1ccccc1-2. The summed E-state index contributed by atoms with van der Waals surface area (Å²) in [5.41, 5.74) is 8.07. The minimum atomic E-state index is 0. The van der Waals surface area contributed by atoms with Crippen molar-refractivity contribution in [3.8, 4) is 11.1 Å². The molecular weight excluding hydrogens is 531 g/mol. The second-order valence-electron chi connectivity index (χ2n) is 7.77. The van der Waals surface area contributed by atoms with Gasteiger partial charge >= 0.3 is 59.5 Å². The van der Waals surface area contributed by atoms with Crippen LogP contribution in [0.1, 0.15) is 55.2 Å². The molecule has 0 radical (unpaired) electrons. The summed E-state index contributed by atoms with van der Waals surface area (Å²) < 4.78 is 1.80. The topological polar surface area (TPSA) is 0 Å². The number of hydrogen-bond donors (Lipinski definition) is 0. The summed E-state index contributed by atoms with van der Waals surface area (Å²) in [6, 6.07) is 20.2. The van der Waals surface area contributed by atoms with Crippen LogP contribution >= 0.6 is 36.2 Å². The van der Waals surface area contributed by atoms with Crippen molar-refractivity contribution in [2.24, 2.45) is 0 Å². The number of fused-ring (bicyclic) bond motifs is 3. The van der Waals surface area contributed by atoms with Gasteiger partial charge in [0, 0.05) is 0 Å². The summed E-state index contributed by atoms with van der Waals surface area (Å²) in [5, 5.41) is 4.24. The van der Waals surface area contributed by atoms with E-state index in [9.17, 15) is 0 Å². The molecule has 0 amide bonds. The molecular formula is C28H28Cl2SZr. The van der Waals surface area contributed by atoms with Crippen LogP contribution in [0.25, 0.3) is 16.7 Å². The van der Waals surface area contributed by atoms with Gasteiger partial charge in [-0.1, -0.05) is 53.3 Å². The molecule has 1 saturated carbocycles. The zero-order valence-corrected chi connectivity index (χ0v) is 23.0. The van der Waals surface area contributed by atoms with Crippen molar-refractivity contribution in [2.75, 3.05) is 0 Å². The average Bonchev–Trinajstić information content (AvgIpc) is 3.55. The molecule has 0 spiro atoms. The Morgan fingerprint density at radius 3 is 2.31 bits per heavy atom. The van der Waals surface area contributed by atoms with Crippen molar-refractivity contribution in [1.82, 2.24) is 0 Å². The number of benzene rings is 2. The van der Waals surface area contributed by atoms with E-state index in [0.717, 1.165) is 12.8 Å². The summed E-state index contributed by atoms with van der Waals surface area (Å²) >= 11 is 3.42. The van der Waals surface area contributed by atoms with Crippen LogP contribution in [0.5, 0.6) is 0 Å². The Bertz CT molecular complexity index is 999. The molecule has 6 rings (SSSR count). The van der Waals surface area contributed by atoms with Crippen LogP contribution in [0, 0.1) is 12.1 Å². The first-order valence-electron chi connectivity index (χ1n) is 10.8. The van der Waals surface area contributed by atoms with Crippen LogP contribution in [0.3, 0.4) is 0 Å². The average molecular weight is 559 g/mol. The number of rotatable bonds is 1. The molecule has 0 bridgehead atoms. The van der Waals surface area contributed by atoms with Gasteiger partial charge in [-0.15, -0.1) is 42.0 Å². The number of hydrogen-bond acceptors (Lipinski definition) is 1. The molecule has 4 heteroatoms. The normalized spacial score (nSPS) is 14.9. The molecule has 2 aromatic carbocycles. The largest absolute Gasteiger partial charge is 0.179 e. The molecule has 1 aromatic heterocycles. The van der Waals surface area contributed by atoms with E-state index in [4.69, 9.17) is 0 Å². The summed E-state index contributed by atoms with van der Waals surface area (Å²) in [6.07, 6.45) is 16.9. The first-order chi connectivity index (χ1) is 14.8. The predicted molar refractivity (Wildman–Crippen MR) is 141 cm³/mol. The molecule has 0 atom stereocenters. The van der Waals surface area contributed by atoms with E-state index in [2.05, 4.69) is 77.5 Å². The summed E-state index contributed by atoms with van der Waals surface area (Å²) in [5.74, 6) is 0. The van der Waals surface area contributed by atoms with Crippen LogP contribution in [-0.4, -0.2) is 3.21 Å². The maximum atomic E-state index is 3.30. The van der Waals surface area contributed by atoms with Gasteiger partial charge in [0.15, 0.2) is 0 Å². The predicted octanol–water partition coefficient (Wildman–Crippen LogP) is 8.47. The van der Waals surface area contributed by atoms with Gasteiger partial charge in [0.05, 0.1) is 0 Å². The van der Waals surface area contributed by atoms with E-state index >= 15 is 0 Å². The van der Waals surface area contributed by atoms with Crippen LogP contribution in [-0.2, 0) is 30.7 Å². The van der Waals surface area contributed by atoms with Crippen LogP contribution < -0.4 is 0 Å². The Morgan fingerprint density at radius 2 is 1.66 bits per heavy atom. The molecule has 32 heavy (non-hydrogen) atoms. The molecule has 0 nitrogen and oxygen atoms in total. The summed E-state index contributed by atoms with van der Waals surface area (Å²) in [7, 11) is 0. The van der Waals surface area contributed by atoms with Crippen molar-refractivity contribution in [3.63, 3.8) is 0 Å². The summed E-state index contributed by atoms with van der Waals surface area (Å²) in [4.78, 5) is 0. The Balaban J connectivity index is 0.000000173. The van der Waals surface area contributed by atoms with E-state index in [-0.39, 0.29) is 24.8 Å². The van der Waals surface area contributed by atoms with E-state index in [1.165, 1.54) is 65.5 Å². The second-order valence-corrected chi connectivity index (χ2v) is 10.3. The standard InChI is InChI=1S/C13H9.C9H7S.C6H10.2ClH.Zr/c1-3-7-12-10(5-1)9-11-6-2-4-8-13(11)12;1-2-4-8(3-1)9-5-6-10-7-9;1-2-4-6-5-3-1;;;/h1-5,7-8H,9H2;1,3,5-7H,2H2;1-5H2;2*1H;/q2*-1;;;;+2. The Kier molecular flexibility index (Phi) is 12.1. The van der Waals surface area contributed by atoms with Gasteiger partial charge in [-0.05, 0) is 11.8 Å². The molecule has 3 aromatic rings. The second kappa shape index (κ2) is 14.3. The monoisotopic (exact) mass is 556 g/mol. The molecule has 3 aliphatic rings. The molecule has 1 fully saturated rings. The molecule has 1 heterocycles. The van der Waals surface area contributed by atoms with Crippen LogP contribution in [0.2, 0.25) is 0 Å². The van der Waals surface area contributed by atoms with E-state index in [1.807, 2.05) is 6.07 Å². The Hall–Kier alpha value is -1.05. The van der Waals surface area contributed by atoms with Gasteiger partial charge in [0.25, 0.3) is 0 Å². The van der Waals surface area contributed by atoms with Gasteiger partial charge in [-0.25, -0.2) is 0 Å². The van der Waals surface area contributed by atoms with Gasteiger partial charge in [0.1, 0.15) is 0 Å². The van der Waals surface area contributed by atoms with Crippen LogP contribution in [0.4, 0.5) is 0 Å². The maximum Gasteiger partial charge on any atom is -0.0253 e.